The lowest BCUT2D eigenvalue weighted by Gasteiger charge is -2.24. The van der Waals surface area contributed by atoms with E-state index in [-0.39, 0.29) is 12.3 Å². The van der Waals surface area contributed by atoms with Crippen LogP contribution in [0.5, 0.6) is 0 Å². The van der Waals surface area contributed by atoms with Crippen molar-refractivity contribution in [2.24, 2.45) is 5.92 Å². The maximum atomic E-state index is 12.7. The number of rotatable bonds is 6. The second-order valence-electron chi connectivity index (χ2n) is 6.17. The molecule has 22 heavy (non-hydrogen) atoms. The Kier molecular flexibility index (Phi) is 6.16. The summed E-state index contributed by atoms with van der Waals surface area (Å²) in [5.74, 6) is 0.466. The number of aryl methyl sites for hydroxylation is 1. The molecule has 1 rings (SSSR count). The number of nitrogens with zero attached hydrogens (tertiary/aromatic N) is 2. The summed E-state index contributed by atoms with van der Waals surface area (Å²) in [6, 6.07) is 5.81. The first kappa shape index (κ1) is 18.7. The first-order chi connectivity index (χ1) is 10.2. The molecular weight excluding hydrogens is 296 g/mol. The SMILES string of the molecule is CCc1cc(C(C)C(C)C)c(S(=O)(=O)N(C)C)cc1CC#N. The van der Waals surface area contributed by atoms with Crippen LogP contribution in [0.25, 0.3) is 0 Å². The number of benzene rings is 1. The minimum Gasteiger partial charge on any atom is -0.207 e. The van der Waals surface area contributed by atoms with Crippen LogP contribution in [-0.2, 0) is 22.9 Å². The summed E-state index contributed by atoms with van der Waals surface area (Å²) in [5, 5.41) is 9.00. The van der Waals surface area contributed by atoms with E-state index in [0.717, 1.165) is 23.1 Å². The standard InChI is InChI=1S/C17H26N2O2S/c1-7-14-10-16(13(4)12(2)3)17(11-15(14)8-9-18)22(20,21)19(5)6/h10-13H,7-8H2,1-6H3. The molecule has 0 radical (unpaired) electrons. The topological polar surface area (TPSA) is 61.2 Å². The third kappa shape index (κ3) is 3.68. The number of hydrogen-bond acceptors (Lipinski definition) is 3. The van der Waals surface area contributed by atoms with E-state index in [0.29, 0.717) is 10.8 Å². The lowest BCUT2D eigenvalue weighted by molar-refractivity contribution is 0.504. The van der Waals surface area contributed by atoms with Gasteiger partial charge in [0, 0.05) is 14.1 Å². The Bertz CT molecular complexity index is 671. The molecule has 0 amide bonds. The quantitative estimate of drug-likeness (QED) is 0.807. The average molecular weight is 322 g/mol. The molecule has 0 bridgehead atoms. The predicted octanol–water partition coefficient (Wildman–Crippen LogP) is 3.32. The largest absolute Gasteiger partial charge is 0.242 e. The normalized spacial score (nSPS) is 13.4. The van der Waals surface area contributed by atoms with Crippen LogP contribution in [0.15, 0.2) is 17.0 Å². The van der Waals surface area contributed by atoms with Gasteiger partial charge in [0.1, 0.15) is 0 Å². The molecular formula is C17H26N2O2S. The van der Waals surface area contributed by atoms with E-state index >= 15 is 0 Å². The fourth-order valence-electron chi connectivity index (χ4n) is 2.40. The van der Waals surface area contributed by atoms with Gasteiger partial charge in [-0.25, -0.2) is 12.7 Å². The highest BCUT2D eigenvalue weighted by Gasteiger charge is 2.26. The number of nitriles is 1. The molecule has 4 nitrogen and oxygen atoms in total. The van der Waals surface area contributed by atoms with Crippen molar-refractivity contribution in [3.05, 3.63) is 28.8 Å². The minimum absolute atomic E-state index is 0.131. The molecule has 1 aromatic carbocycles. The van der Waals surface area contributed by atoms with Crippen LogP contribution < -0.4 is 0 Å². The van der Waals surface area contributed by atoms with Crippen molar-refractivity contribution in [2.75, 3.05) is 14.1 Å². The van der Waals surface area contributed by atoms with E-state index in [9.17, 15) is 8.42 Å². The van der Waals surface area contributed by atoms with Gasteiger partial charge in [-0.15, -0.1) is 0 Å². The summed E-state index contributed by atoms with van der Waals surface area (Å²) in [6.45, 7) is 8.26. The van der Waals surface area contributed by atoms with Gasteiger partial charge in [-0.05, 0) is 41.0 Å². The Morgan fingerprint density at radius 1 is 1.18 bits per heavy atom. The number of sulfonamides is 1. The fraction of sp³-hybridized carbons (Fsp3) is 0.588. The first-order valence-corrected chi connectivity index (χ1v) is 9.05. The molecule has 0 aliphatic heterocycles. The van der Waals surface area contributed by atoms with Crippen molar-refractivity contribution in [3.8, 4) is 6.07 Å². The molecule has 122 valence electrons. The maximum absolute atomic E-state index is 12.7. The molecule has 5 heteroatoms. The summed E-state index contributed by atoms with van der Waals surface area (Å²) in [6.07, 6.45) is 1.02. The first-order valence-electron chi connectivity index (χ1n) is 7.61. The Morgan fingerprint density at radius 2 is 1.77 bits per heavy atom. The Hall–Kier alpha value is -1.38. The summed E-state index contributed by atoms with van der Waals surface area (Å²) >= 11 is 0. The van der Waals surface area contributed by atoms with Crippen molar-refractivity contribution in [1.29, 1.82) is 5.26 Å². The summed E-state index contributed by atoms with van der Waals surface area (Å²) in [7, 11) is -0.451. The second kappa shape index (κ2) is 7.26. The van der Waals surface area contributed by atoms with Crippen LogP contribution in [0.2, 0.25) is 0 Å². The molecule has 0 spiro atoms. The molecule has 1 aromatic rings. The molecule has 0 aliphatic carbocycles. The van der Waals surface area contributed by atoms with Crippen molar-refractivity contribution in [2.45, 2.75) is 51.3 Å². The Labute approximate surface area is 134 Å². The van der Waals surface area contributed by atoms with Gasteiger partial charge in [-0.2, -0.15) is 5.26 Å². The maximum Gasteiger partial charge on any atom is 0.242 e. The monoisotopic (exact) mass is 322 g/mol. The summed E-state index contributed by atoms with van der Waals surface area (Å²) in [5.41, 5.74) is 2.72. The van der Waals surface area contributed by atoms with Gasteiger partial charge in [0.05, 0.1) is 17.4 Å². The van der Waals surface area contributed by atoms with Gasteiger partial charge in [-0.3, -0.25) is 0 Å². The smallest absolute Gasteiger partial charge is 0.207 e. The van der Waals surface area contributed by atoms with Crippen molar-refractivity contribution in [3.63, 3.8) is 0 Å². The zero-order valence-electron chi connectivity index (χ0n) is 14.3. The van der Waals surface area contributed by atoms with Crippen molar-refractivity contribution < 1.29 is 8.42 Å². The van der Waals surface area contributed by atoms with E-state index in [1.165, 1.54) is 18.4 Å². The van der Waals surface area contributed by atoms with Crippen LogP contribution in [0.4, 0.5) is 0 Å². The molecule has 1 atom stereocenters. The van der Waals surface area contributed by atoms with Gasteiger partial charge in [0.15, 0.2) is 0 Å². The van der Waals surface area contributed by atoms with E-state index in [2.05, 4.69) is 26.8 Å². The van der Waals surface area contributed by atoms with Gasteiger partial charge in [0.2, 0.25) is 10.0 Å². The highest BCUT2D eigenvalue weighted by Crippen LogP contribution is 2.33. The van der Waals surface area contributed by atoms with Crippen molar-refractivity contribution >= 4 is 10.0 Å². The molecule has 0 saturated heterocycles. The van der Waals surface area contributed by atoms with E-state index in [4.69, 9.17) is 5.26 Å². The van der Waals surface area contributed by atoms with Gasteiger partial charge < -0.3 is 0 Å². The highest BCUT2D eigenvalue weighted by atomic mass is 32.2. The molecule has 1 unspecified atom stereocenters. The van der Waals surface area contributed by atoms with E-state index < -0.39 is 10.0 Å². The zero-order chi connectivity index (χ0) is 17.1. The molecule has 0 N–H and O–H groups in total. The van der Waals surface area contributed by atoms with Crippen LogP contribution in [0.1, 0.15) is 50.3 Å². The number of hydrogen-bond donors (Lipinski definition) is 0. The third-order valence-corrected chi connectivity index (χ3v) is 6.10. The summed E-state index contributed by atoms with van der Waals surface area (Å²) < 4.78 is 26.6. The van der Waals surface area contributed by atoms with Gasteiger partial charge in [-0.1, -0.05) is 33.8 Å². The van der Waals surface area contributed by atoms with Gasteiger partial charge in [0.25, 0.3) is 0 Å². The van der Waals surface area contributed by atoms with Crippen LogP contribution in [0, 0.1) is 17.2 Å². The second-order valence-corrected chi connectivity index (χ2v) is 8.29. The Balaban J connectivity index is 3.70. The Morgan fingerprint density at radius 3 is 2.18 bits per heavy atom. The predicted molar refractivity (Wildman–Crippen MR) is 89.3 cm³/mol. The third-order valence-electron chi connectivity index (χ3n) is 4.23. The highest BCUT2D eigenvalue weighted by molar-refractivity contribution is 7.89. The summed E-state index contributed by atoms with van der Waals surface area (Å²) in [4.78, 5) is 0.334. The average Bonchev–Trinajstić information content (AvgIpc) is 2.45. The van der Waals surface area contributed by atoms with Crippen LogP contribution in [-0.4, -0.2) is 26.8 Å². The van der Waals surface area contributed by atoms with Crippen LogP contribution >= 0.6 is 0 Å². The van der Waals surface area contributed by atoms with Crippen LogP contribution in [0.3, 0.4) is 0 Å². The fourth-order valence-corrected chi connectivity index (χ4v) is 3.63. The minimum atomic E-state index is -3.53. The van der Waals surface area contributed by atoms with E-state index in [1.54, 1.807) is 6.07 Å². The molecule has 0 saturated carbocycles. The zero-order valence-corrected chi connectivity index (χ0v) is 15.2. The van der Waals surface area contributed by atoms with Gasteiger partial charge >= 0.3 is 0 Å². The van der Waals surface area contributed by atoms with Crippen molar-refractivity contribution in [1.82, 2.24) is 4.31 Å². The molecule has 0 aliphatic rings. The molecule has 0 fully saturated rings. The molecule has 0 heterocycles. The van der Waals surface area contributed by atoms with E-state index in [1.807, 2.05) is 13.0 Å². The lowest BCUT2D eigenvalue weighted by Crippen LogP contribution is -2.25. The molecule has 0 aromatic heterocycles. The lowest BCUT2D eigenvalue weighted by atomic mass is 9.87.